The first-order chi connectivity index (χ1) is 11.5. The maximum atomic E-state index is 12.4. The average Bonchev–Trinajstić information content (AvgIpc) is 2.56. The molecule has 3 aliphatic rings. The topological polar surface area (TPSA) is 86.2 Å². The summed E-state index contributed by atoms with van der Waals surface area (Å²) in [6.07, 6.45) is 2.60. The number of carbonyl (C=O) groups is 1. The van der Waals surface area contributed by atoms with Gasteiger partial charge in [0.2, 0.25) is 5.91 Å². The van der Waals surface area contributed by atoms with Crippen molar-refractivity contribution in [3.63, 3.8) is 0 Å². The third-order valence-corrected chi connectivity index (χ3v) is 5.13. The van der Waals surface area contributed by atoms with E-state index < -0.39 is 11.7 Å². The summed E-state index contributed by atoms with van der Waals surface area (Å²) in [5.41, 5.74) is 0.873. The second-order valence-electron chi connectivity index (χ2n) is 5.86. The fourth-order valence-electron chi connectivity index (χ4n) is 3.42. The number of nitrogens with one attached hydrogen (secondary N) is 4. The third kappa shape index (κ3) is 2.35. The highest BCUT2D eigenvalue weighted by Gasteiger charge is 2.49. The number of carbonyl (C=O) groups excluding carboxylic acids is 1. The quantitative estimate of drug-likeness (QED) is 0.422. The van der Waals surface area contributed by atoms with Crippen LogP contribution in [0.1, 0.15) is 12.0 Å². The average molecular weight is 410 g/mol. The van der Waals surface area contributed by atoms with Crippen LogP contribution in [0, 0.1) is 5.41 Å². The molecule has 3 heterocycles. The van der Waals surface area contributed by atoms with Crippen molar-refractivity contribution >= 4 is 39.7 Å². The Morgan fingerprint density at radius 2 is 2.29 bits per heavy atom. The SMILES string of the molecule is N=C[C@H]1NC(=O)CC2(N1)C1=C(CNC(Cl)=C1)Oc1ccc(Br)cc12. The number of benzene rings is 1. The maximum Gasteiger partial charge on any atom is 0.224 e. The lowest BCUT2D eigenvalue weighted by molar-refractivity contribution is -0.125. The fourth-order valence-corrected chi connectivity index (χ4v) is 3.96. The molecule has 8 heteroatoms. The van der Waals surface area contributed by atoms with Gasteiger partial charge in [0.25, 0.3) is 0 Å². The second kappa shape index (κ2) is 5.61. The van der Waals surface area contributed by atoms with Gasteiger partial charge in [-0.15, -0.1) is 0 Å². The monoisotopic (exact) mass is 408 g/mol. The Hall–Kier alpha value is -1.83. The highest BCUT2D eigenvalue weighted by atomic mass is 79.9. The molecule has 4 N–H and O–H groups in total. The molecule has 1 fully saturated rings. The first kappa shape index (κ1) is 15.7. The lowest BCUT2D eigenvalue weighted by atomic mass is 9.75. The lowest BCUT2D eigenvalue weighted by Gasteiger charge is -2.46. The Bertz CT molecular complexity index is 822. The van der Waals surface area contributed by atoms with Gasteiger partial charge in [-0.3, -0.25) is 10.1 Å². The molecule has 0 saturated carbocycles. The van der Waals surface area contributed by atoms with Gasteiger partial charge in [0.1, 0.15) is 22.8 Å². The van der Waals surface area contributed by atoms with Crippen LogP contribution in [0.5, 0.6) is 5.75 Å². The van der Waals surface area contributed by atoms with Crippen LogP contribution in [-0.2, 0) is 10.3 Å². The molecule has 1 saturated heterocycles. The minimum atomic E-state index is -0.792. The van der Waals surface area contributed by atoms with Crippen LogP contribution < -0.4 is 20.7 Å². The molecule has 6 nitrogen and oxygen atoms in total. The zero-order valence-corrected chi connectivity index (χ0v) is 14.8. The zero-order valence-electron chi connectivity index (χ0n) is 12.5. The summed E-state index contributed by atoms with van der Waals surface area (Å²) in [7, 11) is 0. The number of hydrogen-bond acceptors (Lipinski definition) is 5. The van der Waals surface area contributed by atoms with Crippen molar-refractivity contribution in [3.8, 4) is 5.75 Å². The van der Waals surface area contributed by atoms with E-state index in [1.54, 1.807) is 6.08 Å². The molecule has 1 aromatic carbocycles. The van der Waals surface area contributed by atoms with Gasteiger partial charge in [-0.05, 0) is 24.3 Å². The van der Waals surface area contributed by atoms with Crippen molar-refractivity contribution < 1.29 is 9.53 Å². The fraction of sp³-hybridized carbons (Fsp3) is 0.250. The number of halogens is 2. The van der Waals surface area contributed by atoms with E-state index in [-0.39, 0.29) is 12.3 Å². The Kier molecular flexibility index (Phi) is 3.67. The van der Waals surface area contributed by atoms with Crippen molar-refractivity contribution in [3.05, 3.63) is 50.8 Å². The predicted octanol–water partition coefficient (Wildman–Crippen LogP) is 2.06. The lowest BCUT2D eigenvalue weighted by Crippen LogP contribution is -2.64. The van der Waals surface area contributed by atoms with E-state index in [0.717, 1.165) is 21.4 Å². The van der Waals surface area contributed by atoms with Gasteiger partial charge in [0, 0.05) is 21.8 Å². The Balaban J connectivity index is 1.96. The molecule has 2 atom stereocenters. The maximum absolute atomic E-state index is 12.4. The summed E-state index contributed by atoms with van der Waals surface area (Å²) in [5.74, 6) is 1.28. The van der Waals surface area contributed by atoms with Gasteiger partial charge in [-0.1, -0.05) is 27.5 Å². The van der Waals surface area contributed by atoms with Crippen LogP contribution in [-0.4, -0.2) is 24.8 Å². The van der Waals surface area contributed by atoms with Crippen molar-refractivity contribution in [2.45, 2.75) is 18.1 Å². The minimum Gasteiger partial charge on any atom is -0.459 e. The van der Waals surface area contributed by atoms with Crippen LogP contribution in [0.15, 0.2) is 45.2 Å². The molecule has 1 aromatic rings. The van der Waals surface area contributed by atoms with Gasteiger partial charge in [0.15, 0.2) is 0 Å². The van der Waals surface area contributed by atoms with Gasteiger partial charge in [-0.2, -0.15) is 0 Å². The zero-order chi connectivity index (χ0) is 16.9. The summed E-state index contributed by atoms with van der Waals surface area (Å²) in [5, 5.41) is 17.3. The van der Waals surface area contributed by atoms with Crippen LogP contribution in [0.25, 0.3) is 0 Å². The molecule has 0 aliphatic carbocycles. The smallest absolute Gasteiger partial charge is 0.224 e. The number of dihydropyridines is 1. The van der Waals surface area contributed by atoms with E-state index in [2.05, 4.69) is 31.9 Å². The molecular formula is C16H14BrClN4O2. The van der Waals surface area contributed by atoms with Crippen LogP contribution in [0.3, 0.4) is 0 Å². The van der Waals surface area contributed by atoms with Gasteiger partial charge >= 0.3 is 0 Å². The van der Waals surface area contributed by atoms with E-state index in [0.29, 0.717) is 17.5 Å². The van der Waals surface area contributed by atoms with Crippen molar-refractivity contribution in [2.75, 3.05) is 6.54 Å². The minimum absolute atomic E-state index is 0.134. The largest absolute Gasteiger partial charge is 0.459 e. The van der Waals surface area contributed by atoms with E-state index in [9.17, 15) is 4.79 Å². The van der Waals surface area contributed by atoms with Crippen LogP contribution in [0.2, 0.25) is 0 Å². The van der Waals surface area contributed by atoms with E-state index in [1.807, 2.05) is 18.2 Å². The molecule has 4 rings (SSSR count). The molecule has 0 bridgehead atoms. The van der Waals surface area contributed by atoms with Gasteiger partial charge in [0.05, 0.1) is 18.5 Å². The van der Waals surface area contributed by atoms with Crippen molar-refractivity contribution in [2.24, 2.45) is 0 Å². The molecule has 1 spiro atoms. The van der Waals surface area contributed by atoms with Gasteiger partial charge in [-0.25, -0.2) is 0 Å². The number of rotatable bonds is 1. The number of fused-ring (bicyclic) bond motifs is 3. The number of amides is 1. The molecule has 0 aromatic heterocycles. The molecule has 3 aliphatic heterocycles. The third-order valence-electron chi connectivity index (χ3n) is 4.39. The summed E-state index contributed by atoms with van der Waals surface area (Å²) in [6.45, 7) is 0.445. The Morgan fingerprint density at radius 3 is 3.08 bits per heavy atom. The summed E-state index contributed by atoms with van der Waals surface area (Å²) < 4.78 is 6.92. The van der Waals surface area contributed by atoms with E-state index >= 15 is 0 Å². The number of hydrogen-bond donors (Lipinski definition) is 4. The van der Waals surface area contributed by atoms with E-state index in [4.69, 9.17) is 21.7 Å². The molecular weight excluding hydrogens is 396 g/mol. The highest BCUT2D eigenvalue weighted by Crippen LogP contribution is 2.48. The van der Waals surface area contributed by atoms with Crippen molar-refractivity contribution in [1.29, 1.82) is 5.41 Å². The predicted molar refractivity (Wildman–Crippen MR) is 93.9 cm³/mol. The Morgan fingerprint density at radius 1 is 1.46 bits per heavy atom. The number of ether oxygens (including phenoxy) is 1. The Labute approximate surface area is 151 Å². The summed E-state index contributed by atoms with van der Waals surface area (Å²) >= 11 is 9.67. The second-order valence-corrected chi connectivity index (χ2v) is 7.19. The molecule has 24 heavy (non-hydrogen) atoms. The molecule has 0 radical (unpaired) electrons. The van der Waals surface area contributed by atoms with Crippen LogP contribution >= 0.6 is 27.5 Å². The molecule has 124 valence electrons. The standard InChI is InChI=1S/C16H14BrClN4O2/c17-8-1-2-11-9(3-8)16(5-15(23)21-14(6-19)22-16)10-4-13(18)20-7-12(10)24-11/h1-4,6,14,19-20,22H,5,7H2,(H,21,23)/t14-,16?/m0/s1. The summed E-state index contributed by atoms with van der Waals surface area (Å²) in [4.78, 5) is 12.4. The normalized spacial score (nSPS) is 28.2. The summed E-state index contributed by atoms with van der Waals surface area (Å²) in [6, 6.07) is 5.71. The first-order valence-corrected chi connectivity index (χ1v) is 8.59. The van der Waals surface area contributed by atoms with Crippen molar-refractivity contribution in [1.82, 2.24) is 16.0 Å². The molecule has 1 amide bonds. The molecule has 1 unspecified atom stereocenters. The highest BCUT2D eigenvalue weighted by molar-refractivity contribution is 9.10. The van der Waals surface area contributed by atoms with Crippen LogP contribution in [0.4, 0.5) is 0 Å². The first-order valence-electron chi connectivity index (χ1n) is 7.42. The van der Waals surface area contributed by atoms with Gasteiger partial charge < -0.3 is 20.8 Å². The van der Waals surface area contributed by atoms with E-state index in [1.165, 1.54) is 6.21 Å².